The average Bonchev–Trinajstić information content (AvgIpc) is 3.56. The van der Waals surface area contributed by atoms with Gasteiger partial charge in [0.1, 0.15) is 17.5 Å². The standard InChI is InChI=1S/C29H22N4/c1-2-11-23(12-3-1)33(29-17-9-15-27(31-29)32-20-6-7-21-32)28-16-8-14-26(30-28)25-19-18-22-10-4-5-13-24(22)25/h1-21,25H. The molecule has 0 fully saturated rings. The van der Waals surface area contributed by atoms with Crippen molar-refractivity contribution in [3.63, 3.8) is 0 Å². The van der Waals surface area contributed by atoms with Gasteiger partial charge in [-0.05, 0) is 59.7 Å². The molecule has 0 saturated carbocycles. The fourth-order valence-electron chi connectivity index (χ4n) is 4.37. The molecule has 0 amide bonds. The lowest BCUT2D eigenvalue weighted by Crippen LogP contribution is -2.15. The van der Waals surface area contributed by atoms with E-state index < -0.39 is 0 Å². The molecule has 33 heavy (non-hydrogen) atoms. The van der Waals surface area contributed by atoms with Crippen LogP contribution in [0.5, 0.6) is 0 Å². The van der Waals surface area contributed by atoms with Crippen LogP contribution in [0.2, 0.25) is 0 Å². The number of benzene rings is 2. The van der Waals surface area contributed by atoms with Gasteiger partial charge in [0, 0.05) is 24.0 Å². The smallest absolute Gasteiger partial charge is 0.141 e. The first-order chi connectivity index (χ1) is 16.4. The summed E-state index contributed by atoms with van der Waals surface area (Å²) in [6, 6.07) is 35.1. The maximum Gasteiger partial charge on any atom is 0.141 e. The molecule has 6 rings (SSSR count). The van der Waals surface area contributed by atoms with Crippen LogP contribution in [0.1, 0.15) is 22.7 Å². The SMILES string of the molecule is C1=CC(c2cccc(N(c3ccccc3)c3cccc(-n4cccc4)n3)n2)c2ccccc21. The number of fused-ring (bicyclic) bond motifs is 1. The quantitative estimate of drug-likeness (QED) is 0.307. The van der Waals surface area contributed by atoms with E-state index in [4.69, 9.17) is 9.97 Å². The second-order valence-electron chi connectivity index (χ2n) is 8.00. The molecule has 0 spiro atoms. The summed E-state index contributed by atoms with van der Waals surface area (Å²) in [4.78, 5) is 12.2. The maximum absolute atomic E-state index is 5.13. The minimum Gasteiger partial charge on any atom is -0.309 e. The van der Waals surface area contributed by atoms with Gasteiger partial charge in [-0.2, -0.15) is 0 Å². The number of anilines is 3. The summed E-state index contributed by atoms with van der Waals surface area (Å²) in [5.41, 5.74) is 4.59. The van der Waals surface area contributed by atoms with Gasteiger partial charge in [-0.15, -0.1) is 0 Å². The number of allylic oxidation sites excluding steroid dienone is 1. The van der Waals surface area contributed by atoms with Gasteiger partial charge in [-0.3, -0.25) is 4.90 Å². The predicted molar refractivity (Wildman–Crippen MR) is 133 cm³/mol. The highest BCUT2D eigenvalue weighted by Gasteiger charge is 2.22. The molecule has 5 aromatic rings. The minimum atomic E-state index is 0.151. The van der Waals surface area contributed by atoms with E-state index in [1.807, 2.05) is 71.6 Å². The number of hydrogen-bond donors (Lipinski definition) is 0. The molecule has 0 saturated heterocycles. The molecule has 4 heteroatoms. The van der Waals surface area contributed by atoms with Crippen LogP contribution in [0.25, 0.3) is 11.9 Å². The number of hydrogen-bond acceptors (Lipinski definition) is 3. The summed E-state index contributed by atoms with van der Waals surface area (Å²) >= 11 is 0. The lowest BCUT2D eigenvalue weighted by molar-refractivity contribution is 0.954. The zero-order chi connectivity index (χ0) is 22.0. The third kappa shape index (κ3) is 3.62. The Bertz CT molecular complexity index is 1420. The van der Waals surface area contributed by atoms with Gasteiger partial charge in [-0.1, -0.05) is 66.7 Å². The van der Waals surface area contributed by atoms with E-state index in [2.05, 4.69) is 65.6 Å². The first-order valence-electron chi connectivity index (χ1n) is 11.1. The zero-order valence-corrected chi connectivity index (χ0v) is 18.0. The predicted octanol–water partition coefficient (Wildman–Crippen LogP) is 6.90. The Hall–Kier alpha value is -4.44. The Balaban J connectivity index is 1.46. The molecular formula is C29H22N4. The van der Waals surface area contributed by atoms with Gasteiger partial charge in [-0.25, -0.2) is 9.97 Å². The van der Waals surface area contributed by atoms with Crippen LogP contribution in [0.15, 0.2) is 122 Å². The number of aromatic nitrogens is 3. The Labute approximate surface area is 193 Å². The monoisotopic (exact) mass is 426 g/mol. The first kappa shape index (κ1) is 19.3. The Morgan fingerprint density at radius 2 is 1.36 bits per heavy atom. The fraction of sp³-hybridized carbons (Fsp3) is 0.0345. The lowest BCUT2D eigenvalue weighted by Gasteiger charge is -2.24. The van der Waals surface area contributed by atoms with E-state index in [0.717, 1.165) is 28.8 Å². The van der Waals surface area contributed by atoms with Crippen molar-refractivity contribution in [3.8, 4) is 5.82 Å². The number of rotatable bonds is 5. The molecule has 3 aromatic heterocycles. The second kappa shape index (κ2) is 8.24. The molecule has 0 N–H and O–H groups in total. The summed E-state index contributed by atoms with van der Waals surface area (Å²) in [6.07, 6.45) is 8.42. The van der Waals surface area contributed by atoms with Crippen LogP contribution in [-0.4, -0.2) is 14.5 Å². The van der Waals surface area contributed by atoms with Crippen molar-refractivity contribution in [1.82, 2.24) is 14.5 Å². The van der Waals surface area contributed by atoms with Gasteiger partial charge in [0.25, 0.3) is 0 Å². The highest BCUT2D eigenvalue weighted by atomic mass is 15.3. The van der Waals surface area contributed by atoms with Crippen molar-refractivity contribution < 1.29 is 0 Å². The van der Waals surface area contributed by atoms with E-state index >= 15 is 0 Å². The molecule has 158 valence electrons. The largest absolute Gasteiger partial charge is 0.309 e. The minimum absolute atomic E-state index is 0.151. The Morgan fingerprint density at radius 3 is 2.21 bits per heavy atom. The summed E-state index contributed by atoms with van der Waals surface area (Å²) in [5.74, 6) is 2.67. The number of para-hydroxylation sites is 1. The summed E-state index contributed by atoms with van der Waals surface area (Å²) in [6.45, 7) is 0. The summed E-state index contributed by atoms with van der Waals surface area (Å²) in [5, 5.41) is 0. The third-order valence-corrected chi connectivity index (χ3v) is 5.94. The fourth-order valence-corrected chi connectivity index (χ4v) is 4.37. The molecule has 0 aliphatic heterocycles. The van der Waals surface area contributed by atoms with Gasteiger partial charge in [0.2, 0.25) is 0 Å². The van der Waals surface area contributed by atoms with E-state index in [0.29, 0.717) is 0 Å². The van der Waals surface area contributed by atoms with E-state index in [9.17, 15) is 0 Å². The van der Waals surface area contributed by atoms with Crippen molar-refractivity contribution >= 4 is 23.4 Å². The Morgan fingerprint density at radius 1 is 0.636 bits per heavy atom. The second-order valence-corrected chi connectivity index (χ2v) is 8.00. The van der Waals surface area contributed by atoms with Crippen molar-refractivity contribution in [2.45, 2.75) is 5.92 Å². The number of nitrogens with zero attached hydrogens (tertiary/aromatic N) is 4. The highest BCUT2D eigenvalue weighted by Crippen LogP contribution is 2.37. The molecule has 1 atom stereocenters. The Kier molecular flexibility index (Phi) is 4.81. The van der Waals surface area contributed by atoms with Crippen molar-refractivity contribution in [2.24, 2.45) is 0 Å². The molecule has 1 unspecified atom stereocenters. The molecule has 2 aromatic carbocycles. The lowest BCUT2D eigenvalue weighted by atomic mass is 9.97. The van der Waals surface area contributed by atoms with Gasteiger partial charge >= 0.3 is 0 Å². The molecule has 1 aliphatic rings. The van der Waals surface area contributed by atoms with Crippen LogP contribution < -0.4 is 4.90 Å². The highest BCUT2D eigenvalue weighted by molar-refractivity contribution is 5.73. The summed E-state index contributed by atoms with van der Waals surface area (Å²) in [7, 11) is 0. The van der Waals surface area contributed by atoms with Crippen LogP contribution in [0.4, 0.5) is 17.3 Å². The van der Waals surface area contributed by atoms with Crippen LogP contribution in [0.3, 0.4) is 0 Å². The normalized spacial score (nSPS) is 14.2. The van der Waals surface area contributed by atoms with E-state index in [-0.39, 0.29) is 5.92 Å². The average molecular weight is 427 g/mol. The zero-order valence-electron chi connectivity index (χ0n) is 18.0. The van der Waals surface area contributed by atoms with E-state index in [1.165, 1.54) is 11.1 Å². The van der Waals surface area contributed by atoms with Gasteiger partial charge in [0.15, 0.2) is 0 Å². The van der Waals surface area contributed by atoms with Crippen LogP contribution in [-0.2, 0) is 0 Å². The van der Waals surface area contributed by atoms with Crippen molar-refractivity contribution in [1.29, 1.82) is 0 Å². The van der Waals surface area contributed by atoms with Crippen molar-refractivity contribution in [3.05, 3.63) is 138 Å². The van der Waals surface area contributed by atoms with Gasteiger partial charge in [0.05, 0.1) is 5.69 Å². The van der Waals surface area contributed by atoms with Crippen molar-refractivity contribution in [2.75, 3.05) is 4.90 Å². The maximum atomic E-state index is 5.13. The summed E-state index contributed by atoms with van der Waals surface area (Å²) < 4.78 is 2.01. The first-order valence-corrected chi connectivity index (χ1v) is 11.1. The molecule has 1 aliphatic carbocycles. The molecule has 0 radical (unpaired) electrons. The molecular weight excluding hydrogens is 404 g/mol. The van der Waals surface area contributed by atoms with Gasteiger partial charge < -0.3 is 4.57 Å². The molecule has 4 nitrogen and oxygen atoms in total. The number of pyridine rings is 2. The molecule has 0 bridgehead atoms. The topological polar surface area (TPSA) is 34.0 Å². The third-order valence-electron chi connectivity index (χ3n) is 5.94. The van der Waals surface area contributed by atoms with E-state index in [1.54, 1.807) is 0 Å². The van der Waals surface area contributed by atoms with Crippen LogP contribution >= 0.6 is 0 Å². The molecule has 3 heterocycles. The van der Waals surface area contributed by atoms with Crippen LogP contribution in [0, 0.1) is 0 Å².